The molecule has 0 saturated heterocycles. The van der Waals surface area contributed by atoms with Gasteiger partial charge in [-0.1, -0.05) is 6.92 Å². The van der Waals surface area contributed by atoms with Crippen LogP contribution in [0.15, 0.2) is 24.8 Å². The van der Waals surface area contributed by atoms with E-state index in [2.05, 4.69) is 15.4 Å². The molecule has 1 atom stereocenters. The number of amides is 1. The van der Waals surface area contributed by atoms with Gasteiger partial charge in [0.1, 0.15) is 0 Å². The Morgan fingerprint density at radius 1 is 1.56 bits per heavy atom. The van der Waals surface area contributed by atoms with E-state index in [0.29, 0.717) is 17.5 Å². The fourth-order valence-electron chi connectivity index (χ4n) is 1.81. The molecule has 0 aromatic carbocycles. The minimum Gasteiger partial charge on any atom is -0.396 e. The van der Waals surface area contributed by atoms with Gasteiger partial charge in [0.05, 0.1) is 23.5 Å². The molecule has 2 N–H and O–H groups in total. The second kappa shape index (κ2) is 5.59. The van der Waals surface area contributed by atoms with Crippen molar-refractivity contribution in [2.45, 2.75) is 25.8 Å². The van der Waals surface area contributed by atoms with Gasteiger partial charge in [-0.25, -0.2) is 4.52 Å². The first-order valence-electron chi connectivity index (χ1n) is 5.95. The van der Waals surface area contributed by atoms with Crippen molar-refractivity contribution in [2.75, 3.05) is 6.61 Å². The summed E-state index contributed by atoms with van der Waals surface area (Å²) in [6.07, 6.45) is 7.77. The lowest BCUT2D eigenvalue weighted by atomic mass is 10.1. The van der Waals surface area contributed by atoms with Crippen molar-refractivity contribution in [3.8, 4) is 0 Å². The van der Waals surface area contributed by atoms with Crippen molar-refractivity contribution in [1.82, 2.24) is 19.9 Å². The number of carbonyl (C=O) groups excluding carboxylic acids is 1. The lowest BCUT2D eigenvalue weighted by Gasteiger charge is -2.14. The Balaban J connectivity index is 2.18. The van der Waals surface area contributed by atoms with Crippen molar-refractivity contribution in [3.05, 3.63) is 30.4 Å². The van der Waals surface area contributed by atoms with Crippen LogP contribution < -0.4 is 5.32 Å². The minimum absolute atomic E-state index is 0.0193. The molecule has 0 radical (unpaired) electrons. The van der Waals surface area contributed by atoms with E-state index < -0.39 is 0 Å². The number of hydrogen-bond donors (Lipinski definition) is 2. The Kier molecular flexibility index (Phi) is 3.88. The molecule has 96 valence electrons. The van der Waals surface area contributed by atoms with Crippen molar-refractivity contribution in [3.63, 3.8) is 0 Å². The summed E-state index contributed by atoms with van der Waals surface area (Å²) in [6, 6.07) is -0.0193. The minimum atomic E-state index is -0.182. The lowest BCUT2D eigenvalue weighted by molar-refractivity contribution is 0.0930. The Morgan fingerprint density at radius 2 is 2.39 bits per heavy atom. The number of aromatic nitrogens is 3. The van der Waals surface area contributed by atoms with Crippen LogP contribution in [0.4, 0.5) is 0 Å². The van der Waals surface area contributed by atoms with E-state index in [0.717, 1.165) is 6.42 Å². The number of fused-ring (bicyclic) bond motifs is 1. The Labute approximate surface area is 105 Å². The summed E-state index contributed by atoms with van der Waals surface area (Å²) < 4.78 is 1.61. The van der Waals surface area contributed by atoms with Gasteiger partial charge >= 0.3 is 0 Å². The van der Waals surface area contributed by atoms with Crippen LogP contribution in [0.5, 0.6) is 0 Å². The third-order valence-electron chi connectivity index (χ3n) is 2.87. The largest absolute Gasteiger partial charge is 0.396 e. The molecule has 2 aromatic heterocycles. The summed E-state index contributed by atoms with van der Waals surface area (Å²) in [5.74, 6) is -0.182. The zero-order chi connectivity index (χ0) is 13.0. The highest BCUT2D eigenvalue weighted by Crippen LogP contribution is 2.09. The first-order valence-corrected chi connectivity index (χ1v) is 5.95. The summed E-state index contributed by atoms with van der Waals surface area (Å²) in [5, 5.41) is 15.9. The average molecular weight is 248 g/mol. The number of carbonyl (C=O) groups is 1. The standard InChI is InChI=1S/C12H16N4O2/c1-2-9(3-6-17)15-12(18)10-7-14-16-5-4-13-8-11(10)16/h4-5,7-9,17H,2-3,6H2,1H3,(H,15,18). The van der Waals surface area contributed by atoms with Gasteiger partial charge < -0.3 is 10.4 Å². The highest BCUT2D eigenvalue weighted by atomic mass is 16.3. The zero-order valence-corrected chi connectivity index (χ0v) is 10.2. The molecule has 0 spiro atoms. The van der Waals surface area contributed by atoms with Crippen molar-refractivity contribution < 1.29 is 9.90 Å². The van der Waals surface area contributed by atoms with Crippen LogP contribution in [-0.2, 0) is 0 Å². The summed E-state index contributed by atoms with van der Waals surface area (Å²) in [6.45, 7) is 2.04. The summed E-state index contributed by atoms with van der Waals surface area (Å²) in [4.78, 5) is 16.1. The van der Waals surface area contributed by atoms with Crippen molar-refractivity contribution in [2.24, 2.45) is 0 Å². The Bertz CT molecular complexity index is 538. The van der Waals surface area contributed by atoms with Gasteiger partial charge in [-0.15, -0.1) is 0 Å². The molecule has 0 aliphatic heterocycles. The van der Waals surface area contributed by atoms with Crippen LogP contribution in [0, 0.1) is 0 Å². The van der Waals surface area contributed by atoms with Crippen LogP contribution in [0.25, 0.3) is 5.52 Å². The van der Waals surface area contributed by atoms with E-state index >= 15 is 0 Å². The second-order valence-corrected chi connectivity index (χ2v) is 4.06. The van der Waals surface area contributed by atoms with Gasteiger partial charge in [0.2, 0.25) is 0 Å². The molecule has 18 heavy (non-hydrogen) atoms. The lowest BCUT2D eigenvalue weighted by Crippen LogP contribution is -2.35. The third-order valence-corrected chi connectivity index (χ3v) is 2.87. The Morgan fingerprint density at radius 3 is 3.11 bits per heavy atom. The van der Waals surface area contributed by atoms with E-state index in [1.165, 1.54) is 6.20 Å². The Hall–Kier alpha value is -1.95. The molecule has 0 fully saturated rings. The van der Waals surface area contributed by atoms with Crippen molar-refractivity contribution >= 4 is 11.4 Å². The van der Waals surface area contributed by atoms with Crippen LogP contribution in [-0.4, -0.2) is 38.3 Å². The van der Waals surface area contributed by atoms with Gasteiger partial charge in [-0.3, -0.25) is 9.78 Å². The van der Waals surface area contributed by atoms with Crippen LogP contribution in [0.2, 0.25) is 0 Å². The number of nitrogens with one attached hydrogen (secondary N) is 1. The van der Waals surface area contributed by atoms with E-state index in [1.807, 2.05) is 6.92 Å². The average Bonchev–Trinajstić information content (AvgIpc) is 2.82. The topological polar surface area (TPSA) is 79.5 Å². The predicted molar refractivity (Wildman–Crippen MR) is 66.2 cm³/mol. The normalized spacial score (nSPS) is 12.6. The van der Waals surface area contributed by atoms with Gasteiger partial charge in [0.25, 0.3) is 5.91 Å². The second-order valence-electron chi connectivity index (χ2n) is 4.06. The fourth-order valence-corrected chi connectivity index (χ4v) is 1.81. The molecule has 0 aliphatic carbocycles. The zero-order valence-electron chi connectivity index (χ0n) is 10.2. The molecule has 0 bridgehead atoms. The molecule has 6 nitrogen and oxygen atoms in total. The van der Waals surface area contributed by atoms with Gasteiger partial charge in [-0.2, -0.15) is 5.10 Å². The maximum atomic E-state index is 12.1. The van der Waals surface area contributed by atoms with Crippen LogP contribution in [0.3, 0.4) is 0 Å². The SMILES string of the molecule is CCC(CCO)NC(=O)c1cnn2ccncc12. The van der Waals surface area contributed by atoms with E-state index in [1.54, 1.807) is 23.1 Å². The molecule has 2 rings (SSSR count). The first kappa shape index (κ1) is 12.5. The molecule has 1 unspecified atom stereocenters. The number of aliphatic hydroxyl groups excluding tert-OH is 1. The molecule has 0 saturated carbocycles. The molecule has 2 aromatic rings. The van der Waals surface area contributed by atoms with E-state index in [-0.39, 0.29) is 18.6 Å². The molecular formula is C12H16N4O2. The molecular weight excluding hydrogens is 232 g/mol. The van der Waals surface area contributed by atoms with Gasteiger partial charge in [-0.05, 0) is 12.8 Å². The third kappa shape index (κ3) is 2.48. The fraction of sp³-hybridized carbons (Fsp3) is 0.417. The summed E-state index contributed by atoms with van der Waals surface area (Å²) in [5.41, 5.74) is 1.17. The number of nitrogens with zero attached hydrogens (tertiary/aromatic N) is 3. The maximum absolute atomic E-state index is 12.1. The summed E-state index contributed by atoms with van der Waals surface area (Å²) >= 11 is 0. The number of hydrogen-bond acceptors (Lipinski definition) is 4. The quantitative estimate of drug-likeness (QED) is 0.813. The van der Waals surface area contributed by atoms with E-state index in [9.17, 15) is 4.79 Å². The van der Waals surface area contributed by atoms with Gasteiger partial charge in [0, 0.05) is 25.0 Å². The molecule has 2 heterocycles. The smallest absolute Gasteiger partial charge is 0.255 e. The maximum Gasteiger partial charge on any atom is 0.255 e. The number of rotatable bonds is 5. The van der Waals surface area contributed by atoms with Crippen LogP contribution >= 0.6 is 0 Å². The molecule has 1 amide bonds. The first-order chi connectivity index (χ1) is 8.76. The van der Waals surface area contributed by atoms with Crippen LogP contribution in [0.1, 0.15) is 30.1 Å². The number of aliphatic hydroxyl groups is 1. The van der Waals surface area contributed by atoms with Crippen molar-refractivity contribution in [1.29, 1.82) is 0 Å². The monoisotopic (exact) mass is 248 g/mol. The summed E-state index contributed by atoms with van der Waals surface area (Å²) in [7, 11) is 0. The predicted octanol–water partition coefficient (Wildman–Crippen LogP) is 0.620. The van der Waals surface area contributed by atoms with Gasteiger partial charge in [0.15, 0.2) is 0 Å². The molecule has 6 heteroatoms. The highest BCUT2D eigenvalue weighted by molar-refractivity contribution is 6.00. The highest BCUT2D eigenvalue weighted by Gasteiger charge is 2.15. The van der Waals surface area contributed by atoms with E-state index in [4.69, 9.17) is 5.11 Å². The molecule has 0 aliphatic rings.